The Morgan fingerprint density at radius 2 is 2.36 bits per heavy atom. The summed E-state index contributed by atoms with van der Waals surface area (Å²) in [6.45, 7) is 3.65. The number of carbonyl (C=O) groups excluding carboxylic acids is 2. The lowest BCUT2D eigenvalue weighted by atomic mass is 10.2. The molecule has 2 N–H and O–H groups in total. The summed E-state index contributed by atoms with van der Waals surface area (Å²) in [5, 5.41) is 11.1. The van der Waals surface area contributed by atoms with Crippen LogP contribution in [0.2, 0.25) is 0 Å². The first kappa shape index (κ1) is 16.8. The van der Waals surface area contributed by atoms with Crippen LogP contribution in [0.3, 0.4) is 0 Å². The molecule has 2 aliphatic heterocycles. The number of carboxylic acid groups (broad SMARTS) is 1. The molecule has 0 aliphatic carbocycles. The fourth-order valence-electron chi connectivity index (χ4n) is 2.06. The van der Waals surface area contributed by atoms with E-state index in [1.807, 2.05) is 6.08 Å². The minimum absolute atomic E-state index is 0.126. The normalized spacial score (nSPS) is 22.5. The van der Waals surface area contributed by atoms with Gasteiger partial charge in [0.1, 0.15) is 23.4 Å². The Morgan fingerprint density at radius 3 is 2.95 bits per heavy atom. The van der Waals surface area contributed by atoms with Crippen molar-refractivity contribution < 1.29 is 19.5 Å². The lowest BCUT2D eigenvalue weighted by Gasteiger charge is -2.25. The van der Waals surface area contributed by atoms with E-state index in [4.69, 9.17) is 5.11 Å². The zero-order valence-electron chi connectivity index (χ0n) is 11.8. The van der Waals surface area contributed by atoms with E-state index in [2.05, 4.69) is 16.9 Å². The first-order valence-corrected chi connectivity index (χ1v) is 8.72. The highest BCUT2D eigenvalue weighted by Gasteiger charge is 2.30. The fraction of sp³-hybridized carbons (Fsp3) is 0.429. The van der Waals surface area contributed by atoms with Gasteiger partial charge in [-0.2, -0.15) is 0 Å². The third-order valence-corrected chi connectivity index (χ3v) is 5.49. The summed E-state index contributed by atoms with van der Waals surface area (Å²) in [7, 11) is 0. The van der Waals surface area contributed by atoms with E-state index in [-0.39, 0.29) is 18.0 Å². The van der Waals surface area contributed by atoms with Gasteiger partial charge in [0.25, 0.3) is 0 Å². The van der Waals surface area contributed by atoms with Gasteiger partial charge < -0.3 is 15.2 Å². The summed E-state index contributed by atoms with van der Waals surface area (Å²) < 4.78 is 0. The number of hydrogen-bond donors (Lipinski definition) is 2. The minimum Gasteiger partial charge on any atom is -0.477 e. The Bertz CT molecular complexity index is 571. The van der Waals surface area contributed by atoms with Gasteiger partial charge >= 0.3 is 5.97 Å². The van der Waals surface area contributed by atoms with Crippen molar-refractivity contribution >= 4 is 47.4 Å². The van der Waals surface area contributed by atoms with Crippen molar-refractivity contribution in [3.8, 4) is 0 Å². The Labute approximate surface area is 136 Å². The maximum absolute atomic E-state index is 12.0. The van der Waals surface area contributed by atoms with Crippen molar-refractivity contribution in [2.24, 2.45) is 4.99 Å². The van der Waals surface area contributed by atoms with E-state index in [9.17, 15) is 14.4 Å². The number of thioether (sulfide) groups is 2. The monoisotopic (exact) mass is 340 g/mol. The zero-order chi connectivity index (χ0) is 16.1. The number of hydrogen-bond acceptors (Lipinski definition) is 6. The summed E-state index contributed by atoms with van der Waals surface area (Å²) >= 11 is 2.93. The maximum atomic E-state index is 12.0. The Morgan fingerprint density at radius 1 is 1.59 bits per heavy atom. The minimum atomic E-state index is -1.17. The molecule has 22 heavy (non-hydrogen) atoms. The number of aldehydes is 1. The van der Waals surface area contributed by atoms with E-state index in [1.165, 1.54) is 11.8 Å². The molecule has 2 atom stereocenters. The molecule has 1 amide bonds. The number of aliphatic carboxylic acids is 1. The van der Waals surface area contributed by atoms with Crippen LogP contribution in [0.1, 0.15) is 12.8 Å². The number of aliphatic imine (C=N–C) groups is 1. The summed E-state index contributed by atoms with van der Waals surface area (Å²) in [6.07, 6.45) is 3.81. The van der Waals surface area contributed by atoms with Crippen LogP contribution in [0.4, 0.5) is 0 Å². The molecule has 0 saturated heterocycles. The second kappa shape index (κ2) is 7.64. The van der Waals surface area contributed by atoms with Crippen LogP contribution in [-0.4, -0.2) is 51.9 Å². The molecule has 0 spiro atoms. The van der Waals surface area contributed by atoms with E-state index in [0.717, 1.165) is 17.1 Å². The molecule has 0 unspecified atom stereocenters. The second-order valence-corrected chi connectivity index (χ2v) is 7.13. The van der Waals surface area contributed by atoms with Crippen LogP contribution in [-0.2, 0) is 14.4 Å². The van der Waals surface area contributed by atoms with Crippen molar-refractivity contribution in [1.82, 2.24) is 5.32 Å². The first-order chi connectivity index (χ1) is 10.5. The number of carboxylic acids is 1. The van der Waals surface area contributed by atoms with E-state index < -0.39 is 17.4 Å². The van der Waals surface area contributed by atoms with Gasteiger partial charge in [-0.3, -0.25) is 9.79 Å². The quantitative estimate of drug-likeness (QED) is 0.706. The lowest BCUT2D eigenvalue weighted by Crippen LogP contribution is -2.44. The van der Waals surface area contributed by atoms with E-state index in [0.29, 0.717) is 17.6 Å². The van der Waals surface area contributed by atoms with Gasteiger partial charge in [-0.15, -0.1) is 23.5 Å². The number of amides is 1. The van der Waals surface area contributed by atoms with E-state index >= 15 is 0 Å². The van der Waals surface area contributed by atoms with Crippen LogP contribution in [0, 0.1) is 0 Å². The number of allylic oxidation sites excluding steroid dienone is 1. The fourth-order valence-corrected chi connectivity index (χ4v) is 4.06. The number of nitrogens with zero attached hydrogens (tertiary/aromatic N) is 1. The molecule has 0 fully saturated rings. The summed E-state index contributed by atoms with van der Waals surface area (Å²) in [5.74, 6) is -0.0718. The average molecular weight is 340 g/mol. The molecule has 0 saturated carbocycles. The largest absolute Gasteiger partial charge is 0.477 e. The Kier molecular flexibility index (Phi) is 5.84. The number of carbonyl (C=O) groups is 3. The van der Waals surface area contributed by atoms with Crippen molar-refractivity contribution in [2.75, 3.05) is 11.5 Å². The van der Waals surface area contributed by atoms with Crippen molar-refractivity contribution in [3.63, 3.8) is 0 Å². The Balaban J connectivity index is 2.01. The molecule has 0 bridgehead atoms. The molecule has 2 aliphatic rings. The van der Waals surface area contributed by atoms with E-state index in [1.54, 1.807) is 11.8 Å². The van der Waals surface area contributed by atoms with Gasteiger partial charge in [0.15, 0.2) is 0 Å². The maximum Gasteiger partial charge on any atom is 0.354 e. The first-order valence-electron chi connectivity index (χ1n) is 6.68. The van der Waals surface area contributed by atoms with Crippen LogP contribution in [0.25, 0.3) is 0 Å². The number of rotatable bonds is 6. The molecule has 2 heterocycles. The molecule has 0 aromatic carbocycles. The molecule has 0 aromatic rings. The molecule has 118 valence electrons. The standard InChI is InChI=1S/C14H16N2O4S2/c1-8-7-22-13(16-12(8)14(19)20)10(6-17)15-11(18)5-9-3-2-4-21-9/h3,6,10,13H,1-2,4-5,7H2,(H,15,18)(H,19,20)/t10-,13-/m1/s1. The molecular formula is C14H16N2O4S2. The molecule has 0 aromatic heterocycles. The highest BCUT2D eigenvalue weighted by atomic mass is 32.2. The third-order valence-electron chi connectivity index (χ3n) is 3.12. The highest BCUT2D eigenvalue weighted by Crippen LogP contribution is 2.28. The van der Waals surface area contributed by atoms with Crippen LogP contribution in [0.5, 0.6) is 0 Å². The predicted molar refractivity (Wildman–Crippen MR) is 88.2 cm³/mol. The van der Waals surface area contributed by atoms with Gasteiger partial charge in [-0.25, -0.2) is 4.79 Å². The average Bonchev–Trinajstić information content (AvgIpc) is 2.98. The number of nitrogens with one attached hydrogen (secondary N) is 1. The third kappa shape index (κ3) is 4.23. The van der Waals surface area contributed by atoms with Crippen molar-refractivity contribution in [3.05, 3.63) is 23.1 Å². The molecular weight excluding hydrogens is 324 g/mol. The second-order valence-electron chi connectivity index (χ2n) is 4.80. The lowest BCUT2D eigenvalue weighted by molar-refractivity contribution is -0.129. The highest BCUT2D eigenvalue weighted by molar-refractivity contribution is 8.03. The van der Waals surface area contributed by atoms with Crippen molar-refractivity contribution in [1.29, 1.82) is 0 Å². The summed E-state index contributed by atoms with van der Waals surface area (Å²) in [5.41, 5.74) is 0.288. The zero-order valence-corrected chi connectivity index (χ0v) is 13.4. The van der Waals surface area contributed by atoms with Gasteiger partial charge in [-0.05, 0) is 16.9 Å². The van der Waals surface area contributed by atoms with Crippen LogP contribution >= 0.6 is 23.5 Å². The predicted octanol–water partition coefficient (Wildman–Crippen LogP) is 1.24. The molecule has 8 heteroatoms. The van der Waals surface area contributed by atoms with Gasteiger partial charge in [0, 0.05) is 11.5 Å². The smallest absolute Gasteiger partial charge is 0.354 e. The summed E-state index contributed by atoms with van der Waals surface area (Å²) in [4.78, 5) is 39.3. The summed E-state index contributed by atoms with van der Waals surface area (Å²) in [6, 6.07) is -0.841. The van der Waals surface area contributed by atoms with Gasteiger partial charge in [-0.1, -0.05) is 12.7 Å². The van der Waals surface area contributed by atoms with Crippen LogP contribution < -0.4 is 5.32 Å². The SMILES string of the molecule is C=C1CS[C@H]([C@@H](C=O)NC(=O)CC2=CCCS2)N=C1C(=O)O. The topological polar surface area (TPSA) is 95.8 Å². The molecule has 2 rings (SSSR count). The van der Waals surface area contributed by atoms with Crippen molar-refractivity contribution in [2.45, 2.75) is 24.3 Å². The van der Waals surface area contributed by atoms with Gasteiger partial charge in [0.05, 0.1) is 6.42 Å². The Hall–Kier alpha value is -1.54. The van der Waals surface area contributed by atoms with Gasteiger partial charge in [0.2, 0.25) is 5.91 Å². The van der Waals surface area contributed by atoms with Crippen LogP contribution in [0.15, 0.2) is 28.1 Å². The molecule has 6 nitrogen and oxygen atoms in total. The molecule has 0 radical (unpaired) electrons.